The van der Waals surface area contributed by atoms with Crippen LogP contribution in [-0.2, 0) is 9.59 Å². The molecule has 0 aromatic rings. The number of carbonyl (C=O) groups excluding carboxylic acids is 2. The van der Waals surface area contributed by atoms with Crippen molar-refractivity contribution in [2.75, 3.05) is 6.54 Å². The molecule has 0 aromatic heterocycles. The van der Waals surface area contributed by atoms with E-state index in [0.717, 1.165) is 19.3 Å². The molecule has 1 saturated carbocycles. The number of rotatable bonds is 7. The normalized spacial score (nSPS) is 19.4. The summed E-state index contributed by atoms with van der Waals surface area (Å²) in [5.74, 6) is -0.191. The van der Waals surface area contributed by atoms with Crippen molar-refractivity contribution in [3.8, 4) is 0 Å². The van der Waals surface area contributed by atoms with E-state index in [0.29, 0.717) is 12.5 Å². The van der Waals surface area contributed by atoms with Gasteiger partial charge in [0.15, 0.2) is 0 Å². The maximum atomic E-state index is 11.8. The van der Waals surface area contributed by atoms with Crippen LogP contribution in [0, 0.1) is 11.3 Å². The predicted molar refractivity (Wildman–Crippen MR) is 75.2 cm³/mol. The molecule has 1 fully saturated rings. The van der Waals surface area contributed by atoms with Crippen molar-refractivity contribution in [2.45, 2.75) is 58.4 Å². The predicted octanol–water partition coefficient (Wildman–Crippen LogP) is 0.912. The molecule has 0 saturated heterocycles. The molecular weight excluding hydrogens is 242 g/mol. The largest absolute Gasteiger partial charge is 0.370 e. The Morgan fingerprint density at radius 2 is 1.84 bits per heavy atom. The Morgan fingerprint density at radius 1 is 1.26 bits per heavy atom. The molecule has 0 aromatic carbocycles. The smallest absolute Gasteiger partial charge is 0.237 e. The molecule has 1 aliphatic rings. The van der Waals surface area contributed by atoms with Crippen LogP contribution in [0.1, 0.15) is 52.4 Å². The lowest BCUT2D eigenvalue weighted by Crippen LogP contribution is -2.46. The lowest BCUT2D eigenvalue weighted by atomic mass is 9.78. The second kappa shape index (κ2) is 6.89. The van der Waals surface area contributed by atoms with E-state index < -0.39 is 11.9 Å². The lowest BCUT2D eigenvalue weighted by molar-refractivity contribution is -0.126. The van der Waals surface area contributed by atoms with Crippen LogP contribution in [0.25, 0.3) is 0 Å². The van der Waals surface area contributed by atoms with Crippen LogP contribution < -0.4 is 16.8 Å². The molecule has 5 heteroatoms. The Kier molecular flexibility index (Phi) is 5.79. The van der Waals surface area contributed by atoms with Crippen LogP contribution in [0.4, 0.5) is 0 Å². The van der Waals surface area contributed by atoms with Gasteiger partial charge in [-0.25, -0.2) is 0 Å². The fraction of sp³-hybridized carbons (Fsp3) is 0.857. The number of hydrogen-bond donors (Lipinski definition) is 3. The number of nitrogens with two attached hydrogens (primary N) is 2. The zero-order valence-electron chi connectivity index (χ0n) is 12.1. The van der Waals surface area contributed by atoms with Gasteiger partial charge in [0.05, 0.1) is 12.5 Å². The van der Waals surface area contributed by atoms with Crippen LogP contribution in [0.5, 0.6) is 0 Å². The summed E-state index contributed by atoms with van der Waals surface area (Å²) in [4.78, 5) is 22.6. The molecule has 0 bridgehead atoms. The van der Waals surface area contributed by atoms with Crippen molar-refractivity contribution in [1.82, 2.24) is 5.32 Å². The molecule has 0 heterocycles. The zero-order valence-corrected chi connectivity index (χ0v) is 12.1. The quantitative estimate of drug-likeness (QED) is 0.640. The second-order valence-corrected chi connectivity index (χ2v) is 6.30. The average molecular weight is 269 g/mol. The third-order valence-electron chi connectivity index (χ3n) is 3.90. The number of amides is 2. The number of nitrogens with one attached hydrogen (secondary N) is 1. The Balaban J connectivity index is 2.48. The van der Waals surface area contributed by atoms with Gasteiger partial charge in [0.2, 0.25) is 11.8 Å². The number of primary amides is 1. The summed E-state index contributed by atoms with van der Waals surface area (Å²) >= 11 is 0. The molecule has 0 spiro atoms. The monoisotopic (exact) mass is 269 g/mol. The van der Waals surface area contributed by atoms with E-state index in [1.165, 1.54) is 12.8 Å². The van der Waals surface area contributed by atoms with E-state index in [-0.39, 0.29) is 17.7 Å². The molecule has 5 N–H and O–H groups in total. The van der Waals surface area contributed by atoms with Crippen molar-refractivity contribution >= 4 is 11.8 Å². The highest BCUT2D eigenvalue weighted by molar-refractivity contribution is 5.87. The van der Waals surface area contributed by atoms with Crippen LogP contribution in [-0.4, -0.2) is 24.4 Å². The minimum Gasteiger partial charge on any atom is -0.370 e. The summed E-state index contributed by atoms with van der Waals surface area (Å²) in [5, 5.41) is 2.90. The van der Waals surface area contributed by atoms with E-state index in [4.69, 9.17) is 11.5 Å². The molecule has 5 nitrogen and oxygen atoms in total. The maximum absolute atomic E-state index is 11.8. The first-order valence-corrected chi connectivity index (χ1v) is 7.16. The van der Waals surface area contributed by atoms with Crippen molar-refractivity contribution in [3.63, 3.8) is 0 Å². The molecule has 0 radical (unpaired) electrons. The Bertz CT molecular complexity index is 323. The van der Waals surface area contributed by atoms with E-state index in [2.05, 4.69) is 19.2 Å². The first-order chi connectivity index (χ1) is 8.84. The molecular formula is C14H27N3O2. The van der Waals surface area contributed by atoms with Crippen LogP contribution >= 0.6 is 0 Å². The zero-order chi connectivity index (χ0) is 14.5. The van der Waals surface area contributed by atoms with Gasteiger partial charge in [-0.1, -0.05) is 26.7 Å². The highest BCUT2D eigenvalue weighted by atomic mass is 16.2. The molecule has 1 unspecified atom stereocenters. The summed E-state index contributed by atoms with van der Waals surface area (Å²) in [5.41, 5.74) is 10.9. The molecule has 1 rings (SSSR count). The SMILES string of the molecule is CC(C)CC1(CNC(=O)C(N)CC(N)=O)CCCC1. The number of carbonyl (C=O) groups is 2. The fourth-order valence-corrected chi connectivity index (χ4v) is 3.16. The molecule has 1 aliphatic carbocycles. The lowest BCUT2D eigenvalue weighted by Gasteiger charge is -2.31. The van der Waals surface area contributed by atoms with Crippen LogP contribution in [0.15, 0.2) is 0 Å². The minimum absolute atomic E-state index is 0.0942. The standard InChI is InChI=1S/C14H27N3O2/c1-10(2)8-14(5-3-4-6-14)9-17-13(19)11(15)7-12(16)18/h10-11H,3-9,15H2,1-2H3,(H2,16,18)(H,17,19). The Morgan fingerprint density at radius 3 is 2.32 bits per heavy atom. The van der Waals surface area contributed by atoms with Gasteiger partial charge in [-0.3, -0.25) is 9.59 Å². The van der Waals surface area contributed by atoms with Crippen LogP contribution in [0.2, 0.25) is 0 Å². The second-order valence-electron chi connectivity index (χ2n) is 6.30. The van der Waals surface area contributed by atoms with E-state index in [1.807, 2.05) is 0 Å². The molecule has 0 aliphatic heterocycles. The van der Waals surface area contributed by atoms with Gasteiger partial charge in [-0.15, -0.1) is 0 Å². The topological polar surface area (TPSA) is 98.2 Å². The van der Waals surface area contributed by atoms with Gasteiger partial charge in [-0.2, -0.15) is 0 Å². The third kappa shape index (κ3) is 5.19. The van der Waals surface area contributed by atoms with E-state index in [9.17, 15) is 9.59 Å². The van der Waals surface area contributed by atoms with Gasteiger partial charge in [-0.05, 0) is 30.6 Å². The molecule has 110 valence electrons. The molecule has 2 amide bonds. The third-order valence-corrected chi connectivity index (χ3v) is 3.90. The number of hydrogen-bond acceptors (Lipinski definition) is 3. The van der Waals surface area contributed by atoms with Crippen LogP contribution in [0.3, 0.4) is 0 Å². The van der Waals surface area contributed by atoms with Gasteiger partial charge in [0.25, 0.3) is 0 Å². The minimum atomic E-state index is -0.824. The highest BCUT2D eigenvalue weighted by Gasteiger charge is 2.35. The van der Waals surface area contributed by atoms with Gasteiger partial charge in [0, 0.05) is 6.54 Å². The first-order valence-electron chi connectivity index (χ1n) is 7.16. The van der Waals surface area contributed by atoms with E-state index in [1.54, 1.807) is 0 Å². The van der Waals surface area contributed by atoms with Crippen molar-refractivity contribution < 1.29 is 9.59 Å². The summed E-state index contributed by atoms with van der Waals surface area (Å²) in [6.45, 7) is 5.08. The van der Waals surface area contributed by atoms with Crippen molar-refractivity contribution in [3.05, 3.63) is 0 Å². The molecule has 19 heavy (non-hydrogen) atoms. The summed E-state index contributed by atoms with van der Waals surface area (Å²) in [6.07, 6.45) is 5.82. The van der Waals surface area contributed by atoms with E-state index >= 15 is 0 Å². The fourth-order valence-electron chi connectivity index (χ4n) is 3.16. The summed E-state index contributed by atoms with van der Waals surface area (Å²) in [7, 11) is 0. The molecule has 1 atom stereocenters. The Hall–Kier alpha value is -1.10. The van der Waals surface area contributed by atoms with Gasteiger partial charge < -0.3 is 16.8 Å². The van der Waals surface area contributed by atoms with Gasteiger partial charge >= 0.3 is 0 Å². The Labute approximate surface area is 115 Å². The van der Waals surface area contributed by atoms with Crippen molar-refractivity contribution in [1.29, 1.82) is 0 Å². The average Bonchev–Trinajstić information content (AvgIpc) is 2.73. The summed E-state index contributed by atoms with van der Waals surface area (Å²) < 4.78 is 0. The van der Waals surface area contributed by atoms with Gasteiger partial charge in [0.1, 0.15) is 0 Å². The summed E-state index contributed by atoms with van der Waals surface area (Å²) in [6, 6.07) is -0.824. The van der Waals surface area contributed by atoms with Crippen molar-refractivity contribution in [2.24, 2.45) is 22.8 Å². The first kappa shape index (κ1) is 16.0. The highest BCUT2D eigenvalue weighted by Crippen LogP contribution is 2.42. The maximum Gasteiger partial charge on any atom is 0.237 e.